The molecule has 0 saturated carbocycles. The second-order valence-corrected chi connectivity index (χ2v) is 10.8. The molecule has 2 heterocycles. The molecule has 0 aliphatic carbocycles. The lowest BCUT2D eigenvalue weighted by atomic mass is 9.99. The summed E-state index contributed by atoms with van der Waals surface area (Å²) in [5.41, 5.74) is 0.683. The van der Waals surface area contributed by atoms with E-state index < -0.39 is 17.8 Å². The minimum Gasteiger partial charge on any atom is -0.457 e. The Labute approximate surface area is 236 Å². The molecule has 3 aromatic carbocycles. The number of nitrogens with zero attached hydrogens (tertiary/aromatic N) is 2. The number of carbonyl (C=O) groups is 1. The van der Waals surface area contributed by atoms with Crippen molar-refractivity contribution in [3.8, 4) is 11.5 Å². The Morgan fingerprint density at radius 3 is 2.25 bits per heavy atom. The third kappa shape index (κ3) is 6.54. The molecular formula is C30H31ClF3N3O3. The second-order valence-electron chi connectivity index (χ2n) is 10.3. The highest BCUT2D eigenvalue weighted by Gasteiger charge is 2.38. The van der Waals surface area contributed by atoms with E-state index in [-0.39, 0.29) is 30.8 Å². The molecule has 2 unspecified atom stereocenters. The molecule has 0 spiro atoms. The van der Waals surface area contributed by atoms with Crippen LogP contribution < -0.4 is 10.1 Å². The molecule has 212 valence electrons. The van der Waals surface area contributed by atoms with E-state index in [1.165, 1.54) is 6.07 Å². The summed E-state index contributed by atoms with van der Waals surface area (Å²) in [7, 11) is 0. The number of alkyl halides is 3. The number of halogens is 4. The highest BCUT2D eigenvalue weighted by Crippen LogP contribution is 2.36. The van der Waals surface area contributed by atoms with Crippen LogP contribution in [0.15, 0.2) is 72.8 Å². The minimum absolute atomic E-state index is 0.00886. The first-order valence-corrected chi connectivity index (χ1v) is 13.6. The largest absolute Gasteiger partial charge is 0.457 e. The van der Waals surface area contributed by atoms with Crippen molar-refractivity contribution in [2.45, 2.75) is 44.3 Å². The van der Waals surface area contributed by atoms with E-state index in [9.17, 15) is 18.0 Å². The van der Waals surface area contributed by atoms with E-state index >= 15 is 0 Å². The van der Waals surface area contributed by atoms with Crippen LogP contribution in [-0.4, -0.2) is 54.2 Å². The molecule has 40 heavy (non-hydrogen) atoms. The monoisotopic (exact) mass is 573 g/mol. The molecule has 1 N–H and O–H groups in total. The molecule has 2 aliphatic heterocycles. The normalized spacial score (nSPS) is 22.7. The molecule has 0 radical (unpaired) electrons. The van der Waals surface area contributed by atoms with Crippen LogP contribution >= 0.6 is 11.6 Å². The third-order valence-electron chi connectivity index (χ3n) is 7.25. The summed E-state index contributed by atoms with van der Waals surface area (Å²) >= 11 is 5.97. The fourth-order valence-corrected chi connectivity index (χ4v) is 5.58. The van der Waals surface area contributed by atoms with Gasteiger partial charge in [-0.05, 0) is 73.5 Å². The first-order chi connectivity index (χ1) is 19.1. The van der Waals surface area contributed by atoms with Gasteiger partial charge in [-0.1, -0.05) is 35.9 Å². The summed E-state index contributed by atoms with van der Waals surface area (Å²) in [5, 5.41) is 3.45. The molecule has 2 saturated heterocycles. The van der Waals surface area contributed by atoms with Crippen molar-refractivity contribution in [1.82, 2.24) is 15.1 Å². The van der Waals surface area contributed by atoms with Crippen molar-refractivity contribution in [3.63, 3.8) is 0 Å². The fourth-order valence-electron chi connectivity index (χ4n) is 5.45. The van der Waals surface area contributed by atoms with E-state index in [1.807, 2.05) is 38.1 Å². The molecule has 5 rings (SSSR count). The summed E-state index contributed by atoms with van der Waals surface area (Å²) in [6.07, 6.45) is -4.48. The van der Waals surface area contributed by atoms with E-state index in [4.69, 9.17) is 21.1 Å². The Balaban J connectivity index is 1.42. The van der Waals surface area contributed by atoms with Gasteiger partial charge in [0.05, 0.1) is 29.9 Å². The van der Waals surface area contributed by atoms with Crippen LogP contribution in [0.4, 0.5) is 18.0 Å². The van der Waals surface area contributed by atoms with Crippen molar-refractivity contribution in [1.29, 1.82) is 0 Å². The van der Waals surface area contributed by atoms with Crippen LogP contribution in [0, 0.1) is 0 Å². The average Bonchev–Trinajstić information content (AvgIpc) is 3.28. The zero-order valence-corrected chi connectivity index (χ0v) is 23.0. The van der Waals surface area contributed by atoms with Crippen molar-refractivity contribution >= 4 is 17.6 Å². The molecule has 2 fully saturated rings. The van der Waals surface area contributed by atoms with Gasteiger partial charge in [-0.2, -0.15) is 13.2 Å². The molecule has 6 nitrogen and oxygen atoms in total. The van der Waals surface area contributed by atoms with Gasteiger partial charge in [0.15, 0.2) is 0 Å². The van der Waals surface area contributed by atoms with Gasteiger partial charge in [0, 0.05) is 31.2 Å². The molecule has 0 aromatic heterocycles. The van der Waals surface area contributed by atoms with Crippen LogP contribution in [-0.2, 0) is 10.9 Å². The molecular weight excluding hydrogens is 543 g/mol. The van der Waals surface area contributed by atoms with Gasteiger partial charge in [0.2, 0.25) is 0 Å². The maximum absolute atomic E-state index is 13.4. The third-order valence-corrected chi connectivity index (χ3v) is 7.51. The number of rotatable bonds is 7. The van der Waals surface area contributed by atoms with Gasteiger partial charge in [-0.25, -0.2) is 4.79 Å². The van der Waals surface area contributed by atoms with E-state index in [0.29, 0.717) is 41.7 Å². The molecule has 3 aromatic rings. The minimum atomic E-state index is -4.46. The van der Waals surface area contributed by atoms with E-state index in [1.54, 1.807) is 35.2 Å². The molecule has 0 bridgehead atoms. The summed E-state index contributed by atoms with van der Waals surface area (Å²) in [5.74, 6) is 1.30. The Kier molecular flexibility index (Phi) is 8.26. The average molecular weight is 574 g/mol. The highest BCUT2D eigenvalue weighted by atomic mass is 35.5. The number of carbonyl (C=O) groups excluding carboxylic acids is 1. The summed E-state index contributed by atoms with van der Waals surface area (Å²) in [6, 6.07) is 18.9. The van der Waals surface area contributed by atoms with Gasteiger partial charge >= 0.3 is 12.2 Å². The fraction of sp³-hybridized carbons (Fsp3) is 0.367. The summed E-state index contributed by atoms with van der Waals surface area (Å²) in [4.78, 5) is 16.9. The number of nitrogens with one attached hydrogen (secondary N) is 1. The number of urea groups is 1. The predicted octanol–water partition coefficient (Wildman–Crippen LogP) is 7.07. The number of amides is 2. The van der Waals surface area contributed by atoms with Crippen molar-refractivity contribution < 1.29 is 27.4 Å². The standard InChI is InChI=1S/C30H31ClF3N3O3/c1-19-16-36(17-20(2)39-19)28(21-6-10-25(11-7-21)40-26-12-8-24(31)9-13-26)18-37-27(15-35-29(37)38)22-4-3-5-23(14-22)30(32,33)34/h3-14,19-20,27-28H,15-18H2,1-2H3,(H,35,38)/t19-,20+,27?,28?. The van der Waals surface area contributed by atoms with Gasteiger partial charge in [0.1, 0.15) is 11.5 Å². The molecule has 2 aliphatic rings. The Bertz CT molecular complexity index is 1310. The zero-order valence-electron chi connectivity index (χ0n) is 22.2. The quantitative estimate of drug-likeness (QED) is 0.328. The number of benzene rings is 3. The molecule has 4 atom stereocenters. The van der Waals surface area contributed by atoms with Crippen molar-refractivity contribution in [2.75, 3.05) is 26.2 Å². The van der Waals surface area contributed by atoms with Crippen LogP contribution in [0.1, 0.15) is 42.6 Å². The van der Waals surface area contributed by atoms with Crippen LogP contribution in [0.2, 0.25) is 5.02 Å². The lowest BCUT2D eigenvalue weighted by Crippen LogP contribution is -2.50. The predicted molar refractivity (Wildman–Crippen MR) is 147 cm³/mol. The number of hydrogen-bond acceptors (Lipinski definition) is 4. The molecule has 10 heteroatoms. The Morgan fingerprint density at radius 1 is 1.00 bits per heavy atom. The lowest BCUT2D eigenvalue weighted by molar-refractivity contribution is -0.137. The van der Waals surface area contributed by atoms with Gasteiger partial charge < -0.3 is 19.7 Å². The lowest BCUT2D eigenvalue weighted by Gasteiger charge is -2.42. The van der Waals surface area contributed by atoms with E-state index in [2.05, 4.69) is 10.2 Å². The second kappa shape index (κ2) is 11.7. The zero-order chi connectivity index (χ0) is 28.4. The van der Waals surface area contributed by atoms with Crippen molar-refractivity contribution in [2.24, 2.45) is 0 Å². The smallest absolute Gasteiger partial charge is 0.416 e. The van der Waals surface area contributed by atoms with Crippen LogP contribution in [0.25, 0.3) is 0 Å². The van der Waals surface area contributed by atoms with E-state index in [0.717, 1.165) is 17.7 Å². The summed E-state index contributed by atoms with van der Waals surface area (Å²) < 4.78 is 52.2. The first-order valence-electron chi connectivity index (χ1n) is 13.2. The number of ether oxygens (including phenoxy) is 2. The van der Waals surface area contributed by atoms with Crippen molar-refractivity contribution in [3.05, 3.63) is 94.5 Å². The number of morpholine rings is 1. The Morgan fingerprint density at radius 2 is 1.62 bits per heavy atom. The number of hydrogen-bond donors (Lipinski definition) is 1. The van der Waals surface area contributed by atoms with Gasteiger partial charge in [0.25, 0.3) is 0 Å². The maximum Gasteiger partial charge on any atom is 0.416 e. The topological polar surface area (TPSA) is 54.0 Å². The molecule has 2 amide bonds. The SMILES string of the molecule is C[C@@H]1CN(C(CN2C(=O)NCC2c2cccc(C(F)(F)F)c2)c2ccc(Oc3ccc(Cl)cc3)cc2)C[C@H](C)O1. The van der Waals surface area contributed by atoms with Gasteiger partial charge in [-0.3, -0.25) is 4.90 Å². The van der Waals surface area contributed by atoms with Crippen LogP contribution in [0.5, 0.6) is 11.5 Å². The maximum atomic E-state index is 13.4. The first kappa shape index (κ1) is 28.3. The Hall–Kier alpha value is -3.27. The van der Waals surface area contributed by atoms with Crippen LogP contribution in [0.3, 0.4) is 0 Å². The summed E-state index contributed by atoms with van der Waals surface area (Å²) in [6.45, 7) is 5.86. The highest BCUT2D eigenvalue weighted by molar-refractivity contribution is 6.30. The van der Waals surface area contributed by atoms with Gasteiger partial charge in [-0.15, -0.1) is 0 Å².